The number of rotatable bonds is 2. The molecule has 2 aliphatic heterocycles. The van der Waals surface area contributed by atoms with E-state index in [0.29, 0.717) is 19.6 Å². The molecule has 0 aromatic heterocycles. The van der Waals surface area contributed by atoms with Crippen LogP contribution in [0.5, 0.6) is 0 Å². The predicted octanol–water partition coefficient (Wildman–Crippen LogP) is -0.185. The molecule has 102 valence electrons. The number of piperidine rings is 1. The number of carbonyl (C=O) groups excluding carboxylic acids is 2. The summed E-state index contributed by atoms with van der Waals surface area (Å²) < 4.78 is 14.3. The van der Waals surface area contributed by atoms with Crippen molar-refractivity contribution in [2.24, 2.45) is 0 Å². The average Bonchev–Trinajstić information content (AvgIpc) is 2.76. The van der Waals surface area contributed by atoms with Crippen LogP contribution >= 0.6 is 0 Å². The molecule has 0 aromatic carbocycles. The molecule has 6 heteroatoms. The lowest BCUT2D eigenvalue weighted by Gasteiger charge is -2.35. The molecular formula is C12H20FN3O2. The van der Waals surface area contributed by atoms with Gasteiger partial charge in [-0.1, -0.05) is 0 Å². The third kappa shape index (κ3) is 2.80. The smallest absolute Gasteiger partial charge is 0.261 e. The second-order valence-corrected chi connectivity index (χ2v) is 5.18. The largest absolute Gasteiger partial charge is 0.352 e. The Hall–Kier alpha value is -1.17. The Morgan fingerprint density at radius 1 is 1.50 bits per heavy atom. The van der Waals surface area contributed by atoms with Gasteiger partial charge in [0.25, 0.3) is 5.91 Å². The summed E-state index contributed by atoms with van der Waals surface area (Å²) in [4.78, 5) is 24.7. The van der Waals surface area contributed by atoms with Crippen molar-refractivity contribution in [2.45, 2.75) is 37.9 Å². The van der Waals surface area contributed by atoms with Crippen molar-refractivity contribution in [1.82, 2.24) is 15.5 Å². The van der Waals surface area contributed by atoms with E-state index in [0.717, 1.165) is 12.8 Å². The third-order valence-corrected chi connectivity index (χ3v) is 3.60. The van der Waals surface area contributed by atoms with Crippen LogP contribution in [0.1, 0.15) is 26.2 Å². The van der Waals surface area contributed by atoms with Crippen LogP contribution in [-0.2, 0) is 9.59 Å². The lowest BCUT2D eigenvalue weighted by molar-refractivity contribution is -0.144. The number of alkyl halides is 1. The second kappa shape index (κ2) is 5.22. The average molecular weight is 257 g/mol. The van der Waals surface area contributed by atoms with Gasteiger partial charge in [0.15, 0.2) is 0 Å². The number of carbonyl (C=O) groups is 2. The molecule has 2 N–H and O–H groups in total. The number of halogens is 1. The quantitative estimate of drug-likeness (QED) is 0.721. The summed E-state index contributed by atoms with van der Waals surface area (Å²) in [5.41, 5.74) is -1.75. The maximum absolute atomic E-state index is 14.3. The van der Waals surface area contributed by atoms with Crippen molar-refractivity contribution in [3.8, 4) is 0 Å². The summed E-state index contributed by atoms with van der Waals surface area (Å²) in [7, 11) is 0. The van der Waals surface area contributed by atoms with Gasteiger partial charge in [-0.15, -0.1) is 0 Å². The SMILES string of the molecule is CC(=O)N[C@@H]1CCCN(C(=O)[C@]2(F)CCNC2)C1. The normalized spacial score (nSPS) is 32.3. The summed E-state index contributed by atoms with van der Waals surface area (Å²) in [6.07, 6.45) is 1.90. The zero-order chi connectivity index (χ0) is 13.2. The number of likely N-dealkylation sites (tertiary alicyclic amines) is 1. The van der Waals surface area contributed by atoms with Gasteiger partial charge in [-0.3, -0.25) is 9.59 Å². The van der Waals surface area contributed by atoms with Gasteiger partial charge in [0, 0.05) is 39.0 Å². The van der Waals surface area contributed by atoms with E-state index >= 15 is 0 Å². The molecule has 0 unspecified atom stereocenters. The van der Waals surface area contributed by atoms with Crippen LogP contribution in [0.4, 0.5) is 4.39 Å². The molecule has 0 aliphatic carbocycles. The summed E-state index contributed by atoms with van der Waals surface area (Å²) in [6.45, 7) is 3.11. The van der Waals surface area contributed by atoms with Gasteiger partial charge >= 0.3 is 0 Å². The van der Waals surface area contributed by atoms with Crippen molar-refractivity contribution in [3.05, 3.63) is 0 Å². The fourth-order valence-corrected chi connectivity index (χ4v) is 2.69. The van der Waals surface area contributed by atoms with Gasteiger partial charge < -0.3 is 15.5 Å². The zero-order valence-corrected chi connectivity index (χ0v) is 10.7. The molecule has 0 saturated carbocycles. The van der Waals surface area contributed by atoms with Crippen molar-refractivity contribution in [1.29, 1.82) is 0 Å². The second-order valence-electron chi connectivity index (χ2n) is 5.18. The highest BCUT2D eigenvalue weighted by molar-refractivity contribution is 5.86. The molecule has 0 spiro atoms. The minimum Gasteiger partial charge on any atom is -0.352 e. The highest BCUT2D eigenvalue weighted by atomic mass is 19.1. The van der Waals surface area contributed by atoms with E-state index in [1.807, 2.05) is 0 Å². The van der Waals surface area contributed by atoms with Gasteiger partial charge in [0.1, 0.15) is 0 Å². The van der Waals surface area contributed by atoms with Crippen molar-refractivity contribution in [3.63, 3.8) is 0 Å². The van der Waals surface area contributed by atoms with Crippen LogP contribution in [0.2, 0.25) is 0 Å². The Morgan fingerprint density at radius 2 is 2.28 bits per heavy atom. The van der Waals surface area contributed by atoms with E-state index in [1.165, 1.54) is 6.92 Å². The molecular weight excluding hydrogens is 237 g/mol. The van der Waals surface area contributed by atoms with E-state index in [4.69, 9.17) is 0 Å². The number of hydrogen-bond acceptors (Lipinski definition) is 3. The monoisotopic (exact) mass is 257 g/mol. The molecule has 0 bridgehead atoms. The van der Waals surface area contributed by atoms with Gasteiger partial charge in [0.05, 0.1) is 0 Å². The van der Waals surface area contributed by atoms with Crippen molar-refractivity contribution < 1.29 is 14.0 Å². The number of hydrogen-bond donors (Lipinski definition) is 2. The van der Waals surface area contributed by atoms with Gasteiger partial charge in [0.2, 0.25) is 11.6 Å². The Balaban J connectivity index is 1.95. The fraction of sp³-hybridized carbons (Fsp3) is 0.833. The molecule has 2 amide bonds. The minimum atomic E-state index is -1.75. The summed E-state index contributed by atoms with van der Waals surface area (Å²) in [5.74, 6) is -0.533. The van der Waals surface area contributed by atoms with Gasteiger partial charge in [-0.2, -0.15) is 0 Å². The Labute approximate surface area is 106 Å². The molecule has 0 aromatic rings. The zero-order valence-electron chi connectivity index (χ0n) is 10.7. The first-order valence-electron chi connectivity index (χ1n) is 6.47. The molecule has 0 radical (unpaired) electrons. The Bertz CT molecular complexity index is 342. The van der Waals surface area contributed by atoms with Crippen LogP contribution in [0.3, 0.4) is 0 Å². The predicted molar refractivity (Wildman–Crippen MR) is 64.7 cm³/mol. The first-order valence-corrected chi connectivity index (χ1v) is 6.47. The number of nitrogens with one attached hydrogen (secondary N) is 2. The van der Waals surface area contributed by atoms with E-state index in [1.54, 1.807) is 4.90 Å². The maximum atomic E-state index is 14.3. The van der Waals surface area contributed by atoms with E-state index in [-0.39, 0.29) is 24.9 Å². The van der Waals surface area contributed by atoms with Crippen LogP contribution in [0.15, 0.2) is 0 Å². The summed E-state index contributed by atoms with van der Waals surface area (Å²) in [6, 6.07) is -0.0434. The van der Waals surface area contributed by atoms with Crippen molar-refractivity contribution in [2.75, 3.05) is 26.2 Å². The standard InChI is InChI=1S/C12H20FN3O2/c1-9(17)15-10-3-2-6-16(7-10)11(18)12(13)4-5-14-8-12/h10,14H,2-8H2,1H3,(H,15,17)/t10-,12+/m1/s1. The minimum absolute atomic E-state index is 0.0434. The molecule has 2 fully saturated rings. The maximum Gasteiger partial charge on any atom is 0.261 e. The molecule has 5 nitrogen and oxygen atoms in total. The molecule has 2 atom stereocenters. The highest BCUT2D eigenvalue weighted by Gasteiger charge is 2.44. The lowest BCUT2D eigenvalue weighted by Crippen LogP contribution is -2.55. The van der Waals surface area contributed by atoms with Crippen molar-refractivity contribution >= 4 is 11.8 Å². The first kappa shape index (κ1) is 13.3. The summed E-state index contributed by atoms with van der Waals surface area (Å²) in [5, 5.41) is 5.68. The van der Waals surface area contributed by atoms with Crippen LogP contribution < -0.4 is 10.6 Å². The number of nitrogens with zero attached hydrogens (tertiary/aromatic N) is 1. The van der Waals surface area contributed by atoms with Crippen LogP contribution in [0, 0.1) is 0 Å². The first-order chi connectivity index (χ1) is 8.51. The molecule has 2 rings (SSSR count). The Morgan fingerprint density at radius 3 is 2.89 bits per heavy atom. The van der Waals surface area contributed by atoms with E-state index in [9.17, 15) is 14.0 Å². The molecule has 2 saturated heterocycles. The molecule has 18 heavy (non-hydrogen) atoms. The highest BCUT2D eigenvalue weighted by Crippen LogP contribution is 2.24. The molecule has 2 aliphatic rings. The topological polar surface area (TPSA) is 61.4 Å². The molecule has 2 heterocycles. The van der Waals surface area contributed by atoms with Crippen LogP contribution in [0.25, 0.3) is 0 Å². The van der Waals surface area contributed by atoms with Gasteiger partial charge in [-0.05, 0) is 19.4 Å². The number of amides is 2. The van der Waals surface area contributed by atoms with Crippen LogP contribution in [-0.4, -0.2) is 54.6 Å². The summed E-state index contributed by atoms with van der Waals surface area (Å²) >= 11 is 0. The third-order valence-electron chi connectivity index (χ3n) is 3.60. The Kier molecular flexibility index (Phi) is 3.85. The van der Waals surface area contributed by atoms with E-state index in [2.05, 4.69) is 10.6 Å². The van der Waals surface area contributed by atoms with Gasteiger partial charge in [-0.25, -0.2) is 4.39 Å². The lowest BCUT2D eigenvalue weighted by atomic mass is 9.99. The fourth-order valence-electron chi connectivity index (χ4n) is 2.69. The van der Waals surface area contributed by atoms with E-state index < -0.39 is 11.6 Å².